The summed E-state index contributed by atoms with van der Waals surface area (Å²) in [5.74, 6) is 0.879. The van der Waals surface area contributed by atoms with Crippen molar-refractivity contribution in [1.29, 1.82) is 0 Å². The minimum absolute atomic E-state index is 0.172. The standard InChI is InChI=1S/C13H17N3OS/c1-16-9-10(8-15-16)18-13(7-14)11-5-3-4-6-12(11)17-2/h3-6,8-9,13H,7,14H2,1-2H3. The number of methoxy groups -OCH3 is 1. The maximum absolute atomic E-state index is 5.88. The van der Waals surface area contributed by atoms with Gasteiger partial charge in [-0.05, 0) is 6.07 Å². The zero-order valence-electron chi connectivity index (χ0n) is 10.5. The van der Waals surface area contributed by atoms with E-state index in [9.17, 15) is 0 Å². The van der Waals surface area contributed by atoms with Crippen LogP contribution in [0.4, 0.5) is 0 Å². The van der Waals surface area contributed by atoms with E-state index in [4.69, 9.17) is 10.5 Å². The summed E-state index contributed by atoms with van der Waals surface area (Å²) < 4.78 is 7.17. The SMILES string of the molecule is COc1ccccc1C(CN)Sc1cnn(C)c1. The number of hydrogen-bond acceptors (Lipinski definition) is 4. The second-order valence-electron chi connectivity index (χ2n) is 3.93. The fourth-order valence-corrected chi connectivity index (χ4v) is 2.86. The van der Waals surface area contributed by atoms with E-state index in [0.717, 1.165) is 16.2 Å². The van der Waals surface area contributed by atoms with Crippen LogP contribution in [0.1, 0.15) is 10.8 Å². The molecule has 0 aliphatic carbocycles. The molecule has 2 rings (SSSR count). The number of para-hydroxylation sites is 1. The first-order valence-corrected chi connectivity index (χ1v) is 6.61. The fourth-order valence-electron chi connectivity index (χ4n) is 1.79. The molecule has 2 N–H and O–H groups in total. The van der Waals surface area contributed by atoms with Crippen LogP contribution in [0.25, 0.3) is 0 Å². The Morgan fingerprint density at radius 1 is 1.44 bits per heavy atom. The molecule has 18 heavy (non-hydrogen) atoms. The predicted molar refractivity (Wildman–Crippen MR) is 73.9 cm³/mol. The molecule has 1 unspecified atom stereocenters. The van der Waals surface area contributed by atoms with Gasteiger partial charge in [-0.3, -0.25) is 4.68 Å². The van der Waals surface area contributed by atoms with Crippen LogP contribution in [-0.2, 0) is 7.05 Å². The molecule has 0 aliphatic heterocycles. The first-order chi connectivity index (χ1) is 8.74. The lowest BCUT2D eigenvalue weighted by molar-refractivity contribution is 0.409. The zero-order chi connectivity index (χ0) is 13.0. The van der Waals surface area contributed by atoms with E-state index < -0.39 is 0 Å². The number of thioether (sulfide) groups is 1. The molecule has 1 atom stereocenters. The Kier molecular flexibility index (Phi) is 4.28. The largest absolute Gasteiger partial charge is 0.496 e. The van der Waals surface area contributed by atoms with Crippen molar-refractivity contribution in [2.45, 2.75) is 10.1 Å². The van der Waals surface area contributed by atoms with Crippen LogP contribution in [0.5, 0.6) is 5.75 Å². The van der Waals surface area contributed by atoms with Crippen LogP contribution in [-0.4, -0.2) is 23.4 Å². The first kappa shape index (κ1) is 13.0. The Bertz CT molecular complexity index is 512. The van der Waals surface area contributed by atoms with Crippen LogP contribution in [0, 0.1) is 0 Å². The van der Waals surface area contributed by atoms with Crippen molar-refractivity contribution >= 4 is 11.8 Å². The normalized spacial score (nSPS) is 12.4. The number of hydrogen-bond donors (Lipinski definition) is 1. The van der Waals surface area contributed by atoms with Crippen LogP contribution in [0.2, 0.25) is 0 Å². The molecule has 2 aromatic rings. The Morgan fingerprint density at radius 3 is 2.83 bits per heavy atom. The summed E-state index contributed by atoms with van der Waals surface area (Å²) in [6.45, 7) is 0.555. The second-order valence-corrected chi connectivity index (χ2v) is 5.21. The van der Waals surface area contributed by atoms with Crippen molar-refractivity contribution in [1.82, 2.24) is 9.78 Å². The van der Waals surface area contributed by atoms with Gasteiger partial charge in [0.15, 0.2) is 0 Å². The van der Waals surface area contributed by atoms with Crippen molar-refractivity contribution in [3.05, 3.63) is 42.2 Å². The van der Waals surface area contributed by atoms with Gasteiger partial charge in [-0.25, -0.2) is 0 Å². The number of aryl methyl sites for hydroxylation is 1. The molecule has 0 radical (unpaired) electrons. The maximum atomic E-state index is 5.88. The van der Waals surface area contributed by atoms with Crippen LogP contribution in [0.3, 0.4) is 0 Å². The Balaban J connectivity index is 2.22. The van der Waals surface area contributed by atoms with Gasteiger partial charge in [0.2, 0.25) is 0 Å². The summed E-state index contributed by atoms with van der Waals surface area (Å²) in [4.78, 5) is 1.11. The van der Waals surface area contributed by atoms with Gasteiger partial charge in [0.05, 0.1) is 18.6 Å². The molecule has 0 saturated heterocycles. The smallest absolute Gasteiger partial charge is 0.123 e. The minimum Gasteiger partial charge on any atom is -0.496 e. The highest BCUT2D eigenvalue weighted by Gasteiger charge is 2.16. The number of ether oxygens (including phenoxy) is 1. The highest BCUT2D eigenvalue weighted by Crippen LogP contribution is 2.38. The Morgan fingerprint density at radius 2 is 2.22 bits per heavy atom. The molecular weight excluding hydrogens is 246 g/mol. The lowest BCUT2D eigenvalue weighted by Crippen LogP contribution is -2.10. The number of aromatic nitrogens is 2. The number of nitrogens with zero attached hydrogens (tertiary/aromatic N) is 2. The van der Waals surface area contributed by atoms with Crippen molar-refractivity contribution in [3.8, 4) is 5.75 Å². The molecule has 0 amide bonds. The number of nitrogens with two attached hydrogens (primary N) is 1. The van der Waals surface area contributed by atoms with Gasteiger partial charge in [0.1, 0.15) is 5.75 Å². The van der Waals surface area contributed by atoms with E-state index in [1.165, 1.54) is 0 Å². The Hall–Kier alpha value is -1.46. The Labute approximate surface area is 111 Å². The van der Waals surface area contributed by atoms with Crippen molar-refractivity contribution < 1.29 is 4.74 Å². The van der Waals surface area contributed by atoms with Crippen molar-refractivity contribution in [2.24, 2.45) is 12.8 Å². The fraction of sp³-hybridized carbons (Fsp3) is 0.308. The summed E-state index contributed by atoms with van der Waals surface area (Å²) in [6.07, 6.45) is 3.84. The average molecular weight is 263 g/mol. The first-order valence-electron chi connectivity index (χ1n) is 5.73. The second kappa shape index (κ2) is 5.93. The average Bonchev–Trinajstić information content (AvgIpc) is 2.81. The molecular formula is C13H17N3OS. The summed E-state index contributed by atoms with van der Waals surface area (Å²) in [7, 11) is 3.59. The molecule has 5 heteroatoms. The minimum atomic E-state index is 0.172. The number of benzene rings is 1. The molecule has 96 valence electrons. The molecule has 0 saturated carbocycles. The third-order valence-electron chi connectivity index (χ3n) is 2.66. The molecule has 0 fully saturated rings. The molecule has 0 bridgehead atoms. The van der Waals surface area contributed by atoms with Gasteiger partial charge >= 0.3 is 0 Å². The number of rotatable bonds is 5. The third-order valence-corrected chi connectivity index (χ3v) is 3.87. The predicted octanol–water partition coefficient (Wildman–Crippen LogP) is 2.22. The summed E-state index contributed by atoms with van der Waals surface area (Å²) in [5.41, 5.74) is 7.00. The van der Waals surface area contributed by atoms with E-state index >= 15 is 0 Å². The molecule has 0 aliphatic rings. The van der Waals surface area contributed by atoms with Gasteiger partial charge in [-0.1, -0.05) is 18.2 Å². The van der Waals surface area contributed by atoms with E-state index in [1.807, 2.05) is 37.6 Å². The topological polar surface area (TPSA) is 53.1 Å². The molecule has 1 heterocycles. The lowest BCUT2D eigenvalue weighted by Gasteiger charge is -2.16. The van der Waals surface area contributed by atoms with Gasteiger partial charge in [0, 0.05) is 30.2 Å². The van der Waals surface area contributed by atoms with Gasteiger partial charge in [-0.2, -0.15) is 5.10 Å². The third kappa shape index (κ3) is 2.86. The van der Waals surface area contributed by atoms with E-state index in [-0.39, 0.29) is 5.25 Å². The van der Waals surface area contributed by atoms with Gasteiger partial charge in [-0.15, -0.1) is 11.8 Å². The van der Waals surface area contributed by atoms with Crippen LogP contribution in [0.15, 0.2) is 41.6 Å². The molecule has 0 spiro atoms. The highest BCUT2D eigenvalue weighted by molar-refractivity contribution is 7.99. The van der Waals surface area contributed by atoms with Gasteiger partial charge in [0.25, 0.3) is 0 Å². The zero-order valence-corrected chi connectivity index (χ0v) is 11.4. The van der Waals surface area contributed by atoms with E-state index in [2.05, 4.69) is 11.2 Å². The summed E-state index contributed by atoms with van der Waals surface area (Å²) >= 11 is 1.70. The van der Waals surface area contributed by atoms with Gasteiger partial charge < -0.3 is 10.5 Å². The van der Waals surface area contributed by atoms with Crippen LogP contribution >= 0.6 is 11.8 Å². The highest BCUT2D eigenvalue weighted by atomic mass is 32.2. The van der Waals surface area contributed by atoms with E-state index in [0.29, 0.717) is 6.54 Å². The summed E-state index contributed by atoms with van der Waals surface area (Å²) in [6, 6.07) is 7.98. The molecule has 1 aromatic heterocycles. The van der Waals surface area contributed by atoms with Crippen molar-refractivity contribution in [3.63, 3.8) is 0 Å². The van der Waals surface area contributed by atoms with Crippen molar-refractivity contribution in [2.75, 3.05) is 13.7 Å². The maximum Gasteiger partial charge on any atom is 0.123 e. The monoisotopic (exact) mass is 263 g/mol. The van der Waals surface area contributed by atoms with E-state index in [1.54, 1.807) is 23.6 Å². The lowest BCUT2D eigenvalue weighted by atomic mass is 10.1. The van der Waals surface area contributed by atoms with Crippen LogP contribution < -0.4 is 10.5 Å². The summed E-state index contributed by atoms with van der Waals surface area (Å²) in [5, 5.41) is 4.34. The quantitative estimate of drug-likeness (QED) is 0.840. The molecule has 4 nitrogen and oxygen atoms in total. The molecule has 1 aromatic carbocycles.